The van der Waals surface area contributed by atoms with E-state index in [9.17, 15) is 5.11 Å². The van der Waals surface area contributed by atoms with Crippen LogP contribution >= 0.6 is 27.7 Å². The fraction of sp³-hybridized carbons (Fsp3) is 0.500. The molecule has 1 aliphatic rings. The molecule has 16 heavy (non-hydrogen) atoms. The lowest BCUT2D eigenvalue weighted by atomic mass is 10.1. The van der Waals surface area contributed by atoms with Gasteiger partial charge in [0.2, 0.25) is 0 Å². The van der Waals surface area contributed by atoms with Gasteiger partial charge in [0.05, 0.1) is 4.47 Å². The van der Waals surface area contributed by atoms with E-state index in [1.165, 1.54) is 24.3 Å². The molecule has 1 aliphatic heterocycles. The topological polar surface area (TPSA) is 32.3 Å². The number of hydrogen-bond donors (Lipinski definition) is 2. The van der Waals surface area contributed by atoms with Gasteiger partial charge in [-0.05, 0) is 46.3 Å². The minimum Gasteiger partial charge on any atom is -0.506 e. The van der Waals surface area contributed by atoms with Gasteiger partial charge in [-0.15, -0.1) is 0 Å². The number of benzene rings is 1. The molecule has 1 saturated heterocycles. The highest BCUT2D eigenvalue weighted by Crippen LogP contribution is 2.27. The van der Waals surface area contributed by atoms with Crippen LogP contribution in [-0.2, 0) is 6.54 Å². The fourth-order valence-electron chi connectivity index (χ4n) is 1.86. The van der Waals surface area contributed by atoms with Crippen molar-refractivity contribution in [3.63, 3.8) is 0 Å². The Labute approximate surface area is 109 Å². The molecule has 1 fully saturated rings. The smallest absolute Gasteiger partial charge is 0.134 e. The first-order valence-electron chi connectivity index (χ1n) is 5.55. The number of phenols is 1. The fourth-order valence-corrected chi connectivity index (χ4v) is 3.37. The standard InChI is InChI=1S/C12H16BrNOS/c13-11-3-1-2-9(12(11)15)8-14-10-4-6-16-7-5-10/h1-3,10,14-15H,4-8H2. The Morgan fingerprint density at radius 1 is 1.38 bits per heavy atom. The summed E-state index contributed by atoms with van der Waals surface area (Å²) >= 11 is 5.36. The van der Waals surface area contributed by atoms with Gasteiger partial charge in [0.25, 0.3) is 0 Å². The first-order chi connectivity index (χ1) is 7.77. The Kier molecular flexibility index (Phi) is 4.55. The van der Waals surface area contributed by atoms with Crippen molar-refractivity contribution in [3.05, 3.63) is 28.2 Å². The van der Waals surface area contributed by atoms with E-state index in [0.717, 1.165) is 16.6 Å². The van der Waals surface area contributed by atoms with Crippen molar-refractivity contribution in [3.8, 4) is 5.75 Å². The maximum Gasteiger partial charge on any atom is 0.134 e. The molecule has 0 aliphatic carbocycles. The van der Waals surface area contributed by atoms with Crippen LogP contribution in [0.1, 0.15) is 18.4 Å². The van der Waals surface area contributed by atoms with Crippen LogP contribution in [0.3, 0.4) is 0 Å². The predicted octanol–water partition coefficient (Wildman–Crippen LogP) is 3.14. The van der Waals surface area contributed by atoms with Crippen LogP contribution < -0.4 is 5.32 Å². The second-order valence-corrected chi connectivity index (χ2v) is 6.09. The van der Waals surface area contributed by atoms with Crippen molar-refractivity contribution in [2.24, 2.45) is 0 Å². The van der Waals surface area contributed by atoms with E-state index >= 15 is 0 Å². The van der Waals surface area contributed by atoms with Crippen molar-refractivity contribution in [2.45, 2.75) is 25.4 Å². The molecule has 0 aromatic heterocycles. The summed E-state index contributed by atoms with van der Waals surface area (Å²) in [6, 6.07) is 6.39. The van der Waals surface area contributed by atoms with Gasteiger partial charge < -0.3 is 10.4 Å². The molecule has 1 aromatic rings. The van der Waals surface area contributed by atoms with Gasteiger partial charge in [-0.3, -0.25) is 0 Å². The maximum absolute atomic E-state index is 9.84. The molecule has 0 radical (unpaired) electrons. The first-order valence-corrected chi connectivity index (χ1v) is 7.49. The number of thioether (sulfide) groups is 1. The molecule has 2 nitrogen and oxygen atoms in total. The summed E-state index contributed by atoms with van der Waals surface area (Å²) in [6.07, 6.45) is 2.47. The second kappa shape index (κ2) is 5.94. The number of para-hydroxylation sites is 1. The Morgan fingerprint density at radius 3 is 2.88 bits per heavy atom. The van der Waals surface area contributed by atoms with Crippen LogP contribution in [0.4, 0.5) is 0 Å². The Morgan fingerprint density at radius 2 is 2.12 bits per heavy atom. The molecule has 0 amide bonds. The van der Waals surface area contributed by atoms with Crippen molar-refractivity contribution in [1.29, 1.82) is 0 Å². The van der Waals surface area contributed by atoms with Crippen LogP contribution in [0, 0.1) is 0 Å². The van der Waals surface area contributed by atoms with Crippen LogP contribution in [0.5, 0.6) is 5.75 Å². The number of rotatable bonds is 3. The molecule has 88 valence electrons. The van der Waals surface area contributed by atoms with Gasteiger partial charge in [0, 0.05) is 18.2 Å². The van der Waals surface area contributed by atoms with E-state index in [0.29, 0.717) is 11.8 Å². The summed E-state index contributed by atoms with van der Waals surface area (Å²) in [7, 11) is 0. The van der Waals surface area contributed by atoms with Crippen molar-refractivity contribution in [2.75, 3.05) is 11.5 Å². The summed E-state index contributed by atoms with van der Waals surface area (Å²) in [4.78, 5) is 0. The highest BCUT2D eigenvalue weighted by atomic mass is 79.9. The van der Waals surface area contributed by atoms with Crippen molar-refractivity contribution < 1.29 is 5.11 Å². The summed E-state index contributed by atoms with van der Waals surface area (Å²) in [5.41, 5.74) is 0.965. The van der Waals surface area contributed by atoms with Gasteiger partial charge in [0.15, 0.2) is 0 Å². The Bertz CT molecular complexity index is 353. The van der Waals surface area contributed by atoms with Crippen LogP contribution in [0.2, 0.25) is 0 Å². The van der Waals surface area contributed by atoms with E-state index < -0.39 is 0 Å². The predicted molar refractivity (Wildman–Crippen MR) is 73.0 cm³/mol. The number of aromatic hydroxyl groups is 1. The normalized spacial score (nSPS) is 17.6. The summed E-state index contributed by atoms with van der Waals surface area (Å²) < 4.78 is 0.769. The molecule has 2 N–H and O–H groups in total. The van der Waals surface area contributed by atoms with Gasteiger partial charge in [-0.1, -0.05) is 12.1 Å². The van der Waals surface area contributed by atoms with Crippen LogP contribution in [0.25, 0.3) is 0 Å². The number of halogens is 1. The van der Waals surface area contributed by atoms with E-state index in [4.69, 9.17) is 0 Å². The highest BCUT2D eigenvalue weighted by molar-refractivity contribution is 9.10. The molecular formula is C12H16BrNOS. The van der Waals surface area contributed by atoms with Gasteiger partial charge in [-0.25, -0.2) is 0 Å². The van der Waals surface area contributed by atoms with Gasteiger partial charge >= 0.3 is 0 Å². The third-order valence-electron chi connectivity index (χ3n) is 2.87. The van der Waals surface area contributed by atoms with E-state index in [1.807, 2.05) is 30.0 Å². The second-order valence-electron chi connectivity index (χ2n) is 4.02. The summed E-state index contributed by atoms with van der Waals surface area (Å²) in [5.74, 6) is 2.87. The van der Waals surface area contributed by atoms with Gasteiger partial charge in [0.1, 0.15) is 5.75 Å². The number of nitrogens with one attached hydrogen (secondary N) is 1. The van der Waals surface area contributed by atoms with E-state index in [-0.39, 0.29) is 0 Å². The lowest BCUT2D eigenvalue weighted by molar-refractivity contribution is 0.445. The molecule has 0 bridgehead atoms. The zero-order valence-corrected chi connectivity index (χ0v) is 11.5. The van der Waals surface area contributed by atoms with Crippen molar-refractivity contribution in [1.82, 2.24) is 5.32 Å². The molecule has 1 heterocycles. The monoisotopic (exact) mass is 301 g/mol. The number of hydrogen-bond acceptors (Lipinski definition) is 3. The lowest BCUT2D eigenvalue weighted by Crippen LogP contribution is -2.32. The molecule has 0 saturated carbocycles. The molecule has 0 spiro atoms. The summed E-state index contributed by atoms with van der Waals surface area (Å²) in [6.45, 7) is 0.751. The number of phenolic OH excluding ortho intramolecular Hbond substituents is 1. The lowest BCUT2D eigenvalue weighted by Gasteiger charge is -2.22. The summed E-state index contributed by atoms with van der Waals surface area (Å²) in [5, 5.41) is 13.3. The minimum atomic E-state index is 0.361. The van der Waals surface area contributed by atoms with Crippen LogP contribution in [0.15, 0.2) is 22.7 Å². The van der Waals surface area contributed by atoms with E-state index in [1.54, 1.807) is 0 Å². The Hall–Kier alpha value is -0.190. The molecule has 4 heteroatoms. The van der Waals surface area contributed by atoms with Crippen LogP contribution in [-0.4, -0.2) is 22.7 Å². The molecule has 1 aromatic carbocycles. The zero-order chi connectivity index (χ0) is 11.4. The van der Waals surface area contributed by atoms with E-state index in [2.05, 4.69) is 21.2 Å². The Balaban J connectivity index is 1.91. The maximum atomic E-state index is 9.84. The third kappa shape index (κ3) is 3.15. The molecular weight excluding hydrogens is 286 g/mol. The average molecular weight is 302 g/mol. The molecule has 0 atom stereocenters. The largest absolute Gasteiger partial charge is 0.506 e. The first kappa shape index (κ1) is 12.3. The minimum absolute atomic E-state index is 0.361. The average Bonchev–Trinajstić information content (AvgIpc) is 2.32. The van der Waals surface area contributed by atoms with Gasteiger partial charge in [-0.2, -0.15) is 11.8 Å². The zero-order valence-electron chi connectivity index (χ0n) is 9.08. The third-order valence-corrected chi connectivity index (χ3v) is 4.56. The SMILES string of the molecule is Oc1c(Br)cccc1CNC1CCSCC1. The quantitative estimate of drug-likeness (QED) is 0.899. The molecule has 0 unspecified atom stereocenters. The molecule has 2 rings (SSSR count). The van der Waals surface area contributed by atoms with Crippen molar-refractivity contribution >= 4 is 27.7 Å². The highest BCUT2D eigenvalue weighted by Gasteiger charge is 2.13.